The summed E-state index contributed by atoms with van der Waals surface area (Å²) < 4.78 is 11.9. The van der Waals surface area contributed by atoms with Crippen LogP contribution in [0.5, 0.6) is 0 Å². The quantitative estimate of drug-likeness (QED) is 0.739. The highest BCUT2D eigenvalue weighted by atomic mass is 19.1. The van der Waals surface area contributed by atoms with Gasteiger partial charge in [-0.25, -0.2) is 0 Å². The molecule has 0 aliphatic carbocycles. The number of halogens is 1. The Balaban J connectivity index is 2.56. The third-order valence-electron chi connectivity index (χ3n) is 2.02. The number of aryl methyl sites for hydroxylation is 1. The van der Waals surface area contributed by atoms with Crippen LogP contribution in [0, 0.1) is 0 Å². The predicted octanol–water partition coefficient (Wildman–Crippen LogP) is 2.09. The zero-order valence-electron chi connectivity index (χ0n) is 7.80. The molecule has 0 fully saturated rings. The first-order valence-corrected chi connectivity index (χ1v) is 4.70. The number of rotatable bonds is 5. The van der Waals surface area contributed by atoms with Crippen LogP contribution in [0.15, 0.2) is 24.3 Å². The van der Waals surface area contributed by atoms with Gasteiger partial charge in [0.2, 0.25) is 0 Å². The number of alkyl halides is 1. The molecule has 0 amide bonds. The Labute approximate surface area is 78.8 Å². The molecule has 0 radical (unpaired) electrons. The second-order valence-electron chi connectivity index (χ2n) is 3.15. The molecule has 0 atom stereocenters. The Bertz CT molecular complexity index is 248. The van der Waals surface area contributed by atoms with Gasteiger partial charge in [-0.15, -0.1) is 0 Å². The minimum absolute atomic E-state index is 0.235. The minimum atomic E-state index is -0.235. The molecule has 0 aromatic heterocycles. The van der Waals surface area contributed by atoms with E-state index >= 15 is 0 Å². The summed E-state index contributed by atoms with van der Waals surface area (Å²) in [7, 11) is 0. The summed E-state index contributed by atoms with van der Waals surface area (Å²) in [6.07, 6.45) is 2.35. The summed E-state index contributed by atoms with van der Waals surface area (Å²) in [6, 6.07) is 8.22. The second-order valence-corrected chi connectivity index (χ2v) is 3.15. The zero-order chi connectivity index (χ0) is 9.52. The van der Waals surface area contributed by atoms with Crippen molar-refractivity contribution >= 4 is 0 Å². The summed E-state index contributed by atoms with van der Waals surface area (Å²) in [6.45, 7) is 0.438. The fraction of sp³-hybridized carbons (Fsp3) is 0.455. The Morgan fingerprint density at radius 3 is 2.46 bits per heavy atom. The summed E-state index contributed by atoms with van der Waals surface area (Å²) in [4.78, 5) is 0. The van der Waals surface area contributed by atoms with Gasteiger partial charge in [0.15, 0.2) is 0 Å². The molecule has 0 saturated carbocycles. The van der Waals surface area contributed by atoms with E-state index in [1.807, 2.05) is 12.1 Å². The first-order chi connectivity index (χ1) is 6.36. The second kappa shape index (κ2) is 5.70. The third-order valence-corrected chi connectivity index (χ3v) is 2.02. The van der Waals surface area contributed by atoms with Gasteiger partial charge in [-0.3, -0.25) is 4.39 Å². The van der Waals surface area contributed by atoms with Gasteiger partial charge in [0.1, 0.15) is 0 Å². The van der Waals surface area contributed by atoms with Crippen molar-refractivity contribution in [2.45, 2.75) is 19.3 Å². The fourth-order valence-electron chi connectivity index (χ4n) is 1.38. The Morgan fingerprint density at radius 1 is 1.15 bits per heavy atom. The van der Waals surface area contributed by atoms with Gasteiger partial charge in [-0.05, 0) is 36.9 Å². The number of benzene rings is 1. The smallest absolute Gasteiger partial charge is 0.0897 e. The molecule has 0 aliphatic heterocycles. The van der Waals surface area contributed by atoms with E-state index in [2.05, 4.69) is 12.1 Å². The summed E-state index contributed by atoms with van der Waals surface area (Å²) >= 11 is 0. The SMILES string of the molecule is NCCc1cccc(CCCF)c1. The van der Waals surface area contributed by atoms with Crippen molar-refractivity contribution in [3.63, 3.8) is 0 Å². The van der Waals surface area contributed by atoms with Gasteiger partial charge in [0.25, 0.3) is 0 Å². The molecular formula is C11H16FN. The number of nitrogens with two attached hydrogens (primary N) is 1. The molecule has 13 heavy (non-hydrogen) atoms. The Kier molecular flexibility index (Phi) is 4.47. The number of hydrogen-bond donors (Lipinski definition) is 1. The van der Waals surface area contributed by atoms with Crippen molar-refractivity contribution < 1.29 is 4.39 Å². The van der Waals surface area contributed by atoms with E-state index in [1.165, 1.54) is 11.1 Å². The molecular weight excluding hydrogens is 165 g/mol. The normalized spacial score (nSPS) is 10.3. The van der Waals surface area contributed by atoms with Gasteiger partial charge in [0.05, 0.1) is 6.67 Å². The maximum atomic E-state index is 11.9. The Morgan fingerprint density at radius 2 is 1.85 bits per heavy atom. The van der Waals surface area contributed by atoms with Crippen LogP contribution in [0.25, 0.3) is 0 Å². The van der Waals surface area contributed by atoms with E-state index in [-0.39, 0.29) is 6.67 Å². The topological polar surface area (TPSA) is 26.0 Å². The van der Waals surface area contributed by atoms with Crippen LogP contribution in [0.1, 0.15) is 17.5 Å². The number of hydrogen-bond acceptors (Lipinski definition) is 1. The van der Waals surface area contributed by atoms with Crippen molar-refractivity contribution in [2.24, 2.45) is 5.73 Å². The molecule has 0 bridgehead atoms. The minimum Gasteiger partial charge on any atom is -0.330 e. The molecule has 2 heteroatoms. The molecule has 0 unspecified atom stereocenters. The van der Waals surface area contributed by atoms with Crippen molar-refractivity contribution in [1.82, 2.24) is 0 Å². The van der Waals surface area contributed by atoms with Gasteiger partial charge in [0, 0.05) is 0 Å². The van der Waals surface area contributed by atoms with Crippen molar-refractivity contribution in [3.8, 4) is 0 Å². The van der Waals surface area contributed by atoms with E-state index in [0.29, 0.717) is 13.0 Å². The van der Waals surface area contributed by atoms with Gasteiger partial charge in [-0.2, -0.15) is 0 Å². The van der Waals surface area contributed by atoms with Crippen LogP contribution in [0.2, 0.25) is 0 Å². The van der Waals surface area contributed by atoms with Crippen molar-refractivity contribution in [3.05, 3.63) is 35.4 Å². The largest absolute Gasteiger partial charge is 0.330 e. The first-order valence-electron chi connectivity index (χ1n) is 4.70. The fourth-order valence-corrected chi connectivity index (χ4v) is 1.38. The summed E-state index contributed by atoms with van der Waals surface area (Å²) in [5.74, 6) is 0. The highest BCUT2D eigenvalue weighted by Crippen LogP contribution is 2.07. The lowest BCUT2D eigenvalue weighted by molar-refractivity contribution is 0.473. The highest BCUT2D eigenvalue weighted by molar-refractivity contribution is 5.23. The molecule has 0 saturated heterocycles. The van der Waals surface area contributed by atoms with Crippen LogP contribution in [0.4, 0.5) is 4.39 Å². The van der Waals surface area contributed by atoms with Gasteiger partial charge < -0.3 is 5.73 Å². The molecule has 0 heterocycles. The van der Waals surface area contributed by atoms with E-state index in [9.17, 15) is 4.39 Å². The molecule has 1 nitrogen and oxygen atoms in total. The average Bonchev–Trinajstić information content (AvgIpc) is 2.16. The maximum absolute atomic E-state index is 11.9. The lowest BCUT2D eigenvalue weighted by Gasteiger charge is -2.02. The average molecular weight is 181 g/mol. The maximum Gasteiger partial charge on any atom is 0.0897 e. The van der Waals surface area contributed by atoms with Crippen LogP contribution < -0.4 is 5.73 Å². The van der Waals surface area contributed by atoms with E-state index in [1.54, 1.807) is 0 Å². The Hall–Kier alpha value is -0.890. The van der Waals surface area contributed by atoms with Gasteiger partial charge >= 0.3 is 0 Å². The first kappa shape index (κ1) is 10.2. The lowest BCUT2D eigenvalue weighted by Crippen LogP contribution is -2.02. The van der Waals surface area contributed by atoms with Crippen molar-refractivity contribution in [2.75, 3.05) is 13.2 Å². The molecule has 0 spiro atoms. The standard InChI is InChI=1S/C11H16FN/c12-7-2-5-10-3-1-4-11(9-10)6-8-13/h1,3-4,9H,2,5-8,13H2. The lowest BCUT2D eigenvalue weighted by atomic mass is 10.1. The molecule has 0 aliphatic rings. The summed E-state index contributed by atoms with van der Waals surface area (Å²) in [5.41, 5.74) is 7.91. The molecule has 1 aromatic carbocycles. The highest BCUT2D eigenvalue weighted by Gasteiger charge is 1.95. The van der Waals surface area contributed by atoms with Crippen LogP contribution in [-0.2, 0) is 12.8 Å². The van der Waals surface area contributed by atoms with E-state index in [4.69, 9.17) is 5.73 Å². The molecule has 1 rings (SSSR count). The van der Waals surface area contributed by atoms with Gasteiger partial charge in [-0.1, -0.05) is 24.3 Å². The monoisotopic (exact) mass is 181 g/mol. The van der Waals surface area contributed by atoms with E-state index < -0.39 is 0 Å². The van der Waals surface area contributed by atoms with Crippen LogP contribution >= 0.6 is 0 Å². The molecule has 72 valence electrons. The van der Waals surface area contributed by atoms with Crippen molar-refractivity contribution in [1.29, 1.82) is 0 Å². The van der Waals surface area contributed by atoms with Crippen LogP contribution in [-0.4, -0.2) is 13.2 Å². The van der Waals surface area contributed by atoms with Crippen LogP contribution in [0.3, 0.4) is 0 Å². The third kappa shape index (κ3) is 3.55. The van der Waals surface area contributed by atoms with E-state index in [0.717, 1.165) is 12.8 Å². The predicted molar refractivity (Wildman–Crippen MR) is 53.5 cm³/mol. The molecule has 1 aromatic rings. The zero-order valence-corrected chi connectivity index (χ0v) is 7.80. The summed E-state index contributed by atoms with van der Waals surface area (Å²) in [5, 5.41) is 0. The molecule has 2 N–H and O–H groups in total.